The molecule has 4 heteroatoms. The van der Waals surface area contributed by atoms with Gasteiger partial charge in [0.15, 0.2) is 0 Å². The molecule has 1 saturated heterocycles. The summed E-state index contributed by atoms with van der Waals surface area (Å²) in [5.41, 5.74) is 0. The Hall–Kier alpha value is -0.870. The van der Waals surface area contributed by atoms with Gasteiger partial charge in [0.25, 0.3) is 0 Å². The van der Waals surface area contributed by atoms with Crippen LogP contribution >= 0.6 is 0 Å². The highest BCUT2D eigenvalue weighted by molar-refractivity contribution is 4.99. The summed E-state index contributed by atoms with van der Waals surface area (Å²) in [6.07, 6.45) is 3.03. The van der Waals surface area contributed by atoms with Crippen LogP contribution in [0.15, 0.2) is 10.6 Å². The molecule has 0 aromatic carbocycles. The van der Waals surface area contributed by atoms with Crippen molar-refractivity contribution in [2.24, 2.45) is 5.92 Å². The van der Waals surface area contributed by atoms with Gasteiger partial charge in [0.05, 0.1) is 12.2 Å². The maximum absolute atomic E-state index is 5.70. The fraction of sp³-hybridized carbons (Fsp3) is 0.800. The van der Waals surface area contributed by atoms with Crippen molar-refractivity contribution in [3.63, 3.8) is 0 Å². The zero-order valence-corrected chi connectivity index (χ0v) is 12.8. The third kappa shape index (κ3) is 3.18. The summed E-state index contributed by atoms with van der Waals surface area (Å²) in [5, 5.41) is 3.67. The fourth-order valence-electron chi connectivity index (χ4n) is 2.82. The summed E-state index contributed by atoms with van der Waals surface area (Å²) in [6, 6.07) is 1.33. The number of hydrogen-bond donors (Lipinski definition) is 1. The van der Waals surface area contributed by atoms with Gasteiger partial charge in [-0.3, -0.25) is 4.90 Å². The van der Waals surface area contributed by atoms with Crippen LogP contribution in [0, 0.1) is 12.8 Å². The molecule has 0 amide bonds. The molecule has 1 N–H and O–H groups in total. The van der Waals surface area contributed by atoms with E-state index in [-0.39, 0.29) is 6.04 Å². The monoisotopic (exact) mass is 265 g/mol. The van der Waals surface area contributed by atoms with E-state index < -0.39 is 0 Å². The lowest BCUT2D eigenvalue weighted by Gasteiger charge is -2.43. The number of nitrogens with one attached hydrogen (secondary N) is 1. The summed E-state index contributed by atoms with van der Waals surface area (Å²) in [4.78, 5) is 6.90. The molecule has 1 aromatic heterocycles. The van der Waals surface area contributed by atoms with E-state index in [1.54, 1.807) is 0 Å². The molecule has 0 radical (unpaired) electrons. The summed E-state index contributed by atoms with van der Waals surface area (Å²) in [6.45, 7) is 13.1. The van der Waals surface area contributed by atoms with Crippen LogP contribution in [0.4, 0.5) is 0 Å². The van der Waals surface area contributed by atoms with Gasteiger partial charge in [-0.1, -0.05) is 20.3 Å². The average molecular weight is 265 g/mol. The van der Waals surface area contributed by atoms with Gasteiger partial charge >= 0.3 is 0 Å². The van der Waals surface area contributed by atoms with Crippen LogP contribution in [-0.2, 0) is 0 Å². The Balaban J connectivity index is 2.08. The molecule has 19 heavy (non-hydrogen) atoms. The molecule has 4 nitrogen and oxygen atoms in total. The molecule has 2 heterocycles. The minimum absolute atomic E-state index is 0.248. The number of rotatable bonds is 4. The standard InChI is InChI=1S/C15H27N3O/c1-6-10(2)14-9-18(11(3)7-16-14)13(5)15-17-8-12(4)19-15/h8,10-11,13-14,16H,6-7,9H2,1-5H3. The Kier molecular flexibility index (Phi) is 4.63. The van der Waals surface area contributed by atoms with E-state index in [2.05, 4.69) is 42.9 Å². The zero-order chi connectivity index (χ0) is 14.0. The lowest BCUT2D eigenvalue weighted by atomic mass is 9.95. The molecule has 1 aliphatic heterocycles. The van der Waals surface area contributed by atoms with E-state index in [1.807, 2.05) is 13.1 Å². The van der Waals surface area contributed by atoms with Crippen molar-refractivity contribution in [1.29, 1.82) is 0 Å². The second-order valence-electron chi connectivity index (χ2n) is 5.93. The number of oxazole rings is 1. The van der Waals surface area contributed by atoms with Crippen molar-refractivity contribution < 1.29 is 4.42 Å². The number of hydrogen-bond acceptors (Lipinski definition) is 4. The van der Waals surface area contributed by atoms with Gasteiger partial charge in [-0.05, 0) is 26.7 Å². The molecule has 108 valence electrons. The lowest BCUT2D eigenvalue weighted by molar-refractivity contribution is 0.0697. The molecule has 1 aliphatic rings. The van der Waals surface area contributed by atoms with Crippen molar-refractivity contribution in [3.05, 3.63) is 17.8 Å². The first kappa shape index (κ1) is 14.5. The van der Waals surface area contributed by atoms with Gasteiger partial charge in [-0.2, -0.15) is 0 Å². The van der Waals surface area contributed by atoms with Crippen molar-refractivity contribution in [2.75, 3.05) is 13.1 Å². The van der Waals surface area contributed by atoms with Crippen LogP contribution in [0.5, 0.6) is 0 Å². The predicted molar refractivity (Wildman–Crippen MR) is 77.1 cm³/mol. The first-order chi connectivity index (χ1) is 9.02. The van der Waals surface area contributed by atoms with Crippen LogP contribution in [0.2, 0.25) is 0 Å². The topological polar surface area (TPSA) is 41.3 Å². The van der Waals surface area contributed by atoms with Crippen LogP contribution in [0.1, 0.15) is 51.8 Å². The predicted octanol–water partition coefficient (Wildman–Crippen LogP) is 2.75. The summed E-state index contributed by atoms with van der Waals surface area (Å²) in [5.74, 6) is 2.44. The van der Waals surface area contributed by atoms with Crippen LogP contribution < -0.4 is 5.32 Å². The average Bonchev–Trinajstić information content (AvgIpc) is 2.84. The molecule has 4 atom stereocenters. The van der Waals surface area contributed by atoms with E-state index in [4.69, 9.17) is 4.42 Å². The maximum Gasteiger partial charge on any atom is 0.211 e. The van der Waals surface area contributed by atoms with Gasteiger partial charge in [-0.15, -0.1) is 0 Å². The normalized spacial score (nSPS) is 28.3. The van der Waals surface area contributed by atoms with Crippen molar-refractivity contribution >= 4 is 0 Å². The molecule has 0 aliphatic carbocycles. The molecule has 4 unspecified atom stereocenters. The number of aryl methyl sites for hydroxylation is 1. The van der Waals surface area contributed by atoms with Gasteiger partial charge in [0.1, 0.15) is 5.76 Å². The number of aromatic nitrogens is 1. The quantitative estimate of drug-likeness (QED) is 0.909. The maximum atomic E-state index is 5.70. The van der Waals surface area contributed by atoms with E-state index in [1.165, 1.54) is 6.42 Å². The second kappa shape index (κ2) is 6.06. The SMILES string of the molecule is CCC(C)C1CN(C(C)c2ncc(C)o2)C(C)CN1. The first-order valence-electron chi connectivity index (χ1n) is 7.44. The van der Waals surface area contributed by atoms with Gasteiger partial charge in [0.2, 0.25) is 5.89 Å². The molecule has 2 rings (SSSR count). The lowest BCUT2D eigenvalue weighted by Crippen LogP contribution is -2.57. The van der Waals surface area contributed by atoms with E-state index in [9.17, 15) is 0 Å². The Morgan fingerprint density at radius 3 is 2.84 bits per heavy atom. The number of nitrogens with zero attached hydrogens (tertiary/aromatic N) is 2. The molecular weight excluding hydrogens is 238 g/mol. The van der Waals surface area contributed by atoms with E-state index in [0.717, 1.165) is 24.7 Å². The highest BCUT2D eigenvalue weighted by Crippen LogP contribution is 2.26. The largest absolute Gasteiger partial charge is 0.444 e. The Labute approximate surface area is 116 Å². The molecule has 0 spiro atoms. The van der Waals surface area contributed by atoms with E-state index >= 15 is 0 Å². The smallest absolute Gasteiger partial charge is 0.211 e. The van der Waals surface area contributed by atoms with Gasteiger partial charge in [0, 0.05) is 25.2 Å². The van der Waals surface area contributed by atoms with Crippen LogP contribution in [0.3, 0.4) is 0 Å². The highest BCUT2D eigenvalue weighted by atomic mass is 16.4. The second-order valence-corrected chi connectivity index (χ2v) is 5.93. The van der Waals surface area contributed by atoms with Crippen molar-refractivity contribution in [1.82, 2.24) is 15.2 Å². The summed E-state index contributed by atoms with van der Waals surface area (Å²) < 4.78 is 5.70. The van der Waals surface area contributed by atoms with Crippen LogP contribution in [0.25, 0.3) is 0 Å². The molecule has 1 aromatic rings. The Morgan fingerprint density at radius 2 is 2.26 bits per heavy atom. The molecule has 0 bridgehead atoms. The summed E-state index contributed by atoms with van der Waals surface area (Å²) >= 11 is 0. The third-order valence-electron chi connectivity index (χ3n) is 4.47. The van der Waals surface area contributed by atoms with Crippen molar-refractivity contribution in [3.8, 4) is 0 Å². The first-order valence-corrected chi connectivity index (χ1v) is 7.44. The molecule has 0 saturated carbocycles. The Morgan fingerprint density at radius 1 is 1.53 bits per heavy atom. The fourth-order valence-corrected chi connectivity index (χ4v) is 2.82. The van der Waals surface area contributed by atoms with E-state index in [0.29, 0.717) is 18.0 Å². The van der Waals surface area contributed by atoms with Crippen molar-refractivity contribution in [2.45, 2.75) is 59.2 Å². The number of piperazine rings is 1. The Bertz CT molecular complexity index is 404. The molecule has 1 fully saturated rings. The van der Waals surface area contributed by atoms with Gasteiger partial charge < -0.3 is 9.73 Å². The minimum atomic E-state index is 0.248. The van der Waals surface area contributed by atoms with Crippen LogP contribution in [-0.4, -0.2) is 35.1 Å². The molecular formula is C15H27N3O. The van der Waals surface area contributed by atoms with Gasteiger partial charge in [-0.25, -0.2) is 4.98 Å². The third-order valence-corrected chi connectivity index (χ3v) is 4.47. The minimum Gasteiger partial charge on any atom is -0.444 e. The highest BCUT2D eigenvalue weighted by Gasteiger charge is 2.32. The summed E-state index contributed by atoms with van der Waals surface area (Å²) in [7, 11) is 0. The zero-order valence-electron chi connectivity index (χ0n) is 12.8.